The lowest BCUT2D eigenvalue weighted by Crippen LogP contribution is -2.26. The Balaban J connectivity index is 1.44. The molecule has 0 bridgehead atoms. The standard InChI is InChI=1S/C22H28N2O4S/c25-22(23-16-7-17-28-20-10-5-2-6-11-20)18-12-14-21(15-13-18)29(26,27)24-19-8-3-1-4-9-19/h1,3-4,8-9,12-15,20,24H,2,5-7,10-11,16-17H2,(H,23,25). The number of benzene rings is 2. The van der Waals surface area contributed by atoms with Gasteiger partial charge in [-0.3, -0.25) is 9.52 Å². The zero-order valence-electron chi connectivity index (χ0n) is 16.5. The molecule has 2 N–H and O–H groups in total. The van der Waals surface area contributed by atoms with E-state index in [0.717, 1.165) is 19.3 Å². The van der Waals surface area contributed by atoms with Gasteiger partial charge < -0.3 is 10.1 Å². The zero-order chi connectivity index (χ0) is 20.5. The smallest absolute Gasteiger partial charge is 0.261 e. The molecule has 6 nitrogen and oxygen atoms in total. The fourth-order valence-electron chi connectivity index (χ4n) is 3.36. The average Bonchev–Trinajstić information content (AvgIpc) is 2.74. The van der Waals surface area contributed by atoms with E-state index in [0.29, 0.717) is 30.5 Å². The molecule has 0 radical (unpaired) electrons. The number of rotatable bonds is 9. The van der Waals surface area contributed by atoms with Crippen LogP contribution in [0.2, 0.25) is 0 Å². The van der Waals surface area contributed by atoms with Gasteiger partial charge >= 0.3 is 0 Å². The zero-order valence-corrected chi connectivity index (χ0v) is 17.3. The quantitative estimate of drug-likeness (QED) is 0.606. The second-order valence-corrected chi connectivity index (χ2v) is 8.92. The molecule has 7 heteroatoms. The third kappa shape index (κ3) is 6.58. The number of carbonyl (C=O) groups excluding carboxylic acids is 1. The summed E-state index contributed by atoms with van der Waals surface area (Å²) in [6.45, 7) is 1.18. The number of nitrogens with one attached hydrogen (secondary N) is 2. The van der Waals surface area contributed by atoms with E-state index in [4.69, 9.17) is 4.74 Å². The van der Waals surface area contributed by atoms with Crippen LogP contribution in [0.4, 0.5) is 5.69 Å². The molecule has 1 amide bonds. The van der Waals surface area contributed by atoms with Gasteiger partial charge in [-0.05, 0) is 55.7 Å². The lowest BCUT2D eigenvalue weighted by atomic mass is 9.98. The van der Waals surface area contributed by atoms with E-state index >= 15 is 0 Å². The van der Waals surface area contributed by atoms with Gasteiger partial charge in [0.2, 0.25) is 0 Å². The summed E-state index contributed by atoms with van der Waals surface area (Å²) in [7, 11) is -3.69. The normalized spacial score (nSPS) is 15.0. The van der Waals surface area contributed by atoms with Gasteiger partial charge in [0.1, 0.15) is 0 Å². The van der Waals surface area contributed by atoms with Crippen molar-refractivity contribution >= 4 is 21.6 Å². The van der Waals surface area contributed by atoms with Gasteiger partial charge in [0.25, 0.3) is 15.9 Å². The first-order chi connectivity index (χ1) is 14.0. The van der Waals surface area contributed by atoms with Gasteiger partial charge in [0, 0.05) is 24.4 Å². The molecule has 2 aromatic rings. The van der Waals surface area contributed by atoms with E-state index in [1.807, 2.05) is 6.07 Å². The van der Waals surface area contributed by atoms with E-state index in [9.17, 15) is 13.2 Å². The van der Waals surface area contributed by atoms with Crippen LogP contribution in [0.5, 0.6) is 0 Å². The summed E-state index contributed by atoms with van der Waals surface area (Å²) < 4.78 is 33.2. The summed E-state index contributed by atoms with van der Waals surface area (Å²) in [5, 5.41) is 2.85. The van der Waals surface area contributed by atoms with Gasteiger partial charge in [-0.15, -0.1) is 0 Å². The minimum Gasteiger partial charge on any atom is -0.378 e. The molecule has 1 aliphatic carbocycles. The summed E-state index contributed by atoms with van der Waals surface area (Å²) in [5.74, 6) is -0.220. The summed E-state index contributed by atoms with van der Waals surface area (Å²) in [6, 6.07) is 14.6. The number of para-hydroxylation sites is 1. The molecule has 1 saturated carbocycles. The Morgan fingerprint density at radius 3 is 2.34 bits per heavy atom. The van der Waals surface area contributed by atoms with E-state index in [1.54, 1.807) is 24.3 Å². The maximum atomic E-state index is 12.4. The molecule has 0 atom stereocenters. The van der Waals surface area contributed by atoms with E-state index in [2.05, 4.69) is 10.0 Å². The van der Waals surface area contributed by atoms with E-state index < -0.39 is 10.0 Å². The van der Waals surface area contributed by atoms with Crippen molar-refractivity contribution in [2.75, 3.05) is 17.9 Å². The molecule has 0 unspecified atom stereocenters. The van der Waals surface area contributed by atoms with Crippen molar-refractivity contribution in [3.63, 3.8) is 0 Å². The van der Waals surface area contributed by atoms with Crippen molar-refractivity contribution in [2.45, 2.75) is 49.5 Å². The number of carbonyl (C=O) groups is 1. The van der Waals surface area contributed by atoms with Crippen molar-refractivity contribution < 1.29 is 17.9 Å². The fourth-order valence-corrected chi connectivity index (χ4v) is 4.42. The molecule has 1 aliphatic rings. The second-order valence-electron chi connectivity index (χ2n) is 7.24. The number of sulfonamides is 1. The summed E-state index contributed by atoms with van der Waals surface area (Å²) in [6.07, 6.45) is 7.20. The van der Waals surface area contributed by atoms with Crippen LogP contribution in [-0.2, 0) is 14.8 Å². The first kappa shape index (κ1) is 21.3. The lowest BCUT2D eigenvalue weighted by Gasteiger charge is -2.21. The third-order valence-corrected chi connectivity index (χ3v) is 6.36. The van der Waals surface area contributed by atoms with Gasteiger partial charge in [0.15, 0.2) is 0 Å². The Morgan fingerprint density at radius 1 is 0.966 bits per heavy atom. The largest absolute Gasteiger partial charge is 0.378 e. The van der Waals surface area contributed by atoms with Crippen molar-refractivity contribution in [2.24, 2.45) is 0 Å². The van der Waals surface area contributed by atoms with Crippen LogP contribution >= 0.6 is 0 Å². The first-order valence-electron chi connectivity index (χ1n) is 10.1. The molecular formula is C22H28N2O4S. The second kappa shape index (κ2) is 10.4. The highest BCUT2D eigenvalue weighted by Gasteiger charge is 2.15. The van der Waals surface area contributed by atoms with Gasteiger partial charge in [-0.25, -0.2) is 8.42 Å². The molecule has 0 heterocycles. The Labute approximate surface area is 172 Å². The Bertz CT molecular complexity index is 877. The number of hydrogen-bond acceptors (Lipinski definition) is 4. The van der Waals surface area contributed by atoms with Crippen LogP contribution in [0.25, 0.3) is 0 Å². The molecular weight excluding hydrogens is 388 g/mol. The van der Waals surface area contributed by atoms with Crippen LogP contribution in [0.3, 0.4) is 0 Å². The topological polar surface area (TPSA) is 84.5 Å². The van der Waals surface area contributed by atoms with Gasteiger partial charge in [-0.2, -0.15) is 0 Å². The van der Waals surface area contributed by atoms with Crippen LogP contribution < -0.4 is 10.0 Å². The van der Waals surface area contributed by atoms with E-state index in [1.165, 1.54) is 43.5 Å². The van der Waals surface area contributed by atoms with Crippen molar-refractivity contribution in [3.05, 3.63) is 60.2 Å². The minimum atomic E-state index is -3.69. The number of amides is 1. The molecule has 0 aromatic heterocycles. The van der Waals surface area contributed by atoms with Crippen LogP contribution in [0.15, 0.2) is 59.5 Å². The van der Waals surface area contributed by atoms with Gasteiger partial charge in [0.05, 0.1) is 11.0 Å². The van der Waals surface area contributed by atoms with Crippen LogP contribution in [0, 0.1) is 0 Å². The Hall–Kier alpha value is -2.38. The first-order valence-corrected chi connectivity index (χ1v) is 11.6. The minimum absolute atomic E-state index is 0.110. The predicted octanol–water partition coefficient (Wildman–Crippen LogP) is 3.96. The van der Waals surface area contributed by atoms with Crippen molar-refractivity contribution in [1.82, 2.24) is 5.32 Å². The summed E-state index contributed by atoms with van der Waals surface area (Å²) in [4.78, 5) is 12.4. The van der Waals surface area contributed by atoms with Gasteiger partial charge in [-0.1, -0.05) is 37.5 Å². The number of ether oxygens (including phenoxy) is 1. The molecule has 3 rings (SSSR count). The monoisotopic (exact) mass is 416 g/mol. The SMILES string of the molecule is O=C(NCCCOC1CCCCC1)c1ccc(S(=O)(=O)Nc2ccccc2)cc1. The van der Waals surface area contributed by atoms with E-state index in [-0.39, 0.29) is 10.8 Å². The number of hydrogen-bond donors (Lipinski definition) is 2. The molecule has 0 saturated heterocycles. The molecule has 2 aromatic carbocycles. The highest BCUT2D eigenvalue weighted by atomic mass is 32.2. The maximum absolute atomic E-state index is 12.4. The van der Waals surface area contributed by atoms with Crippen LogP contribution in [-0.4, -0.2) is 33.6 Å². The van der Waals surface area contributed by atoms with Crippen LogP contribution in [0.1, 0.15) is 48.9 Å². The highest BCUT2D eigenvalue weighted by molar-refractivity contribution is 7.92. The molecule has 0 spiro atoms. The molecule has 29 heavy (non-hydrogen) atoms. The average molecular weight is 417 g/mol. The number of anilines is 1. The molecule has 0 aliphatic heterocycles. The van der Waals surface area contributed by atoms with Crippen molar-refractivity contribution in [1.29, 1.82) is 0 Å². The Kier molecular flexibility index (Phi) is 7.66. The lowest BCUT2D eigenvalue weighted by molar-refractivity contribution is 0.0273. The summed E-state index contributed by atoms with van der Waals surface area (Å²) >= 11 is 0. The molecule has 1 fully saturated rings. The highest BCUT2D eigenvalue weighted by Crippen LogP contribution is 2.20. The maximum Gasteiger partial charge on any atom is 0.261 e. The van der Waals surface area contributed by atoms with Crippen molar-refractivity contribution in [3.8, 4) is 0 Å². The predicted molar refractivity (Wildman–Crippen MR) is 113 cm³/mol. The fraction of sp³-hybridized carbons (Fsp3) is 0.409. The Morgan fingerprint density at radius 2 is 1.66 bits per heavy atom. The third-order valence-electron chi connectivity index (χ3n) is 4.97. The summed E-state index contributed by atoms with van der Waals surface area (Å²) in [5.41, 5.74) is 0.918. The molecule has 156 valence electrons.